The fourth-order valence-corrected chi connectivity index (χ4v) is 1.48. The molecule has 1 aromatic heterocycles. The molecule has 0 radical (unpaired) electrons. The summed E-state index contributed by atoms with van der Waals surface area (Å²) in [6, 6.07) is 9.66. The number of benzene rings is 1. The predicted molar refractivity (Wildman–Crippen MR) is 71.8 cm³/mol. The van der Waals surface area contributed by atoms with Gasteiger partial charge >= 0.3 is 6.09 Å². The number of hydrogen-bond acceptors (Lipinski definition) is 5. The van der Waals surface area contributed by atoms with Crippen molar-refractivity contribution in [2.75, 3.05) is 17.7 Å². The average molecular weight is 276 g/mol. The highest BCUT2D eigenvalue weighted by atomic mass is 19.1. The summed E-state index contributed by atoms with van der Waals surface area (Å²) in [6.07, 6.45) is -0.619. The Balaban J connectivity index is 1.94. The van der Waals surface area contributed by atoms with E-state index in [1.54, 1.807) is 30.3 Å². The van der Waals surface area contributed by atoms with Gasteiger partial charge in [-0.05, 0) is 18.2 Å². The monoisotopic (exact) mass is 276 g/mol. The summed E-state index contributed by atoms with van der Waals surface area (Å²) in [7, 11) is 1.26. The average Bonchev–Trinajstić information content (AvgIpc) is 2.48. The van der Waals surface area contributed by atoms with Crippen LogP contribution in [0.15, 0.2) is 36.4 Å². The smallest absolute Gasteiger partial charge is 0.412 e. The molecule has 0 spiro atoms. The maximum absolute atomic E-state index is 13.4. The molecule has 0 unspecified atom stereocenters. The molecule has 104 valence electrons. The van der Waals surface area contributed by atoms with Crippen LogP contribution in [0.2, 0.25) is 0 Å². The fraction of sp³-hybridized carbons (Fsp3) is 0.154. The number of halogens is 1. The van der Waals surface area contributed by atoms with Crippen LogP contribution in [0.25, 0.3) is 0 Å². The van der Waals surface area contributed by atoms with E-state index in [1.165, 1.54) is 13.2 Å². The normalized spacial score (nSPS) is 9.90. The number of nitrogens with one attached hydrogen (secondary N) is 2. The van der Waals surface area contributed by atoms with Crippen LogP contribution in [0.4, 0.5) is 20.8 Å². The molecule has 0 bridgehead atoms. The van der Waals surface area contributed by atoms with Gasteiger partial charge in [-0.2, -0.15) is 0 Å². The van der Waals surface area contributed by atoms with Crippen molar-refractivity contribution in [1.29, 1.82) is 0 Å². The highest BCUT2D eigenvalue weighted by molar-refractivity contribution is 5.83. The third-order valence-corrected chi connectivity index (χ3v) is 2.50. The number of amides is 1. The van der Waals surface area contributed by atoms with Crippen LogP contribution < -0.4 is 10.6 Å². The predicted octanol–water partition coefficient (Wildman–Crippen LogP) is 2.41. The number of carbonyl (C=O) groups excluding carboxylic acids is 1. The molecule has 7 heteroatoms. The van der Waals surface area contributed by atoms with Gasteiger partial charge in [-0.15, -0.1) is 10.2 Å². The van der Waals surface area contributed by atoms with Crippen LogP contribution in [0.3, 0.4) is 0 Å². The zero-order chi connectivity index (χ0) is 14.4. The highest BCUT2D eigenvalue weighted by Gasteiger charge is 2.04. The summed E-state index contributed by atoms with van der Waals surface area (Å²) in [5, 5.41) is 13.0. The third kappa shape index (κ3) is 3.64. The van der Waals surface area contributed by atoms with Crippen molar-refractivity contribution in [3.05, 3.63) is 47.8 Å². The molecule has 6 nitrogen and oxygen atoms in total. The molecule has 0 aliphatic heterocycles. The van der Waals surface area contributed by atoms with Gasteiger partial charge in [0.15, 0.2) is 5.82 Å². The van der Waals surface area contributed by atoms with E-state index in [4.69, 9.17) is 0 Å². The molecule has 1 amide bonds. The van der Waals surface area contributed by atoms with E-state index in [-0.39, 0.29) is 11.6 Å². The Kier molecular flexibility index (Phi) is 4.43. The van der Waals surface area contributed by atoms with Crippen LogP contribution in [-0.2, 0) is 11.3 Å². The third-order valence-electron chi connectivity index (χ3n) is 2.50. The maximum atomic E-state index is 13.4. The number of ether oxygens (including phenoxy) is 1. The summed E-state index contributed by atoms with van der Waals surface area (Å²) in [6.45, 7) is 0.297. The SMILES string of the molecule is COC(=O)Nc1ccc(NCc2ccccc2F)nn1. The molecule has 2 aromatic rings. The molecule has 0 atom stereocenters. The molecule has 0 fully saturated rings. The molecule has 1 heterocycles. The van der Waals surface area contributed by atoms with Crippen molar-refractivity contribution in [2.24, 2.45) is 0 Å². The second-order valence-electron chi connectivity index (χ2n) is 3.87. The number of methoxy groups -OCH3 is 1. The van der Waals surface area contributed by atoms with Crippen LogP contribution >= 0.6 is 0 Å². The Morgan fingerprint density at radius 2 is 1.90 bits per heavy atom. The second-order valence-corrected chi connectivity index (χ2v) is 3.87. The summed E-state index contributed by atoms with van der Waals surface area (Å²) in [5.41, 5.74) is 0.533. The molecular weight excluding hydrogens is 263 g/mol. The molecule has 0 saturated heterocycles. The van der Waals surface area contributed by atoms with E-state index in [0.29, 0.717) is 17.9 Å². The lowest BCUT2D eigenvalue weighted by Gasteiger charge is -2.07. The van der Waals surface area contributed by atoms with E-state index >= 15 is 0 Å². The fourth-order valence-electron chi connectivity index (χ4n) is 1.48. The Morgan fingerprint density at radius 1 is 1.20 bits per heavy atom. The molecule has 2 rings (SSSR count). The number of rotatable bonds is 4. The molecule has 0 saturated carbocycles. The topological polar surface area (TPSA) is 76.1 Å². The maximum Gasteiger partial charge on any atom is 0.412 e. The van der Waals surface area contributed by atoms with E-state index in [2.05, 4.69) is 25.6 Å². The zero-order valence-corrected chi connectivity index (χ0v) is 10.8. The van der Waals surface area contributed by atoms with Gasteiger partial charge < -0.3 is 10.1 Å². The minimum absolute atomic E-state index is 0.272. The standard InChI is InChI=1S/C13H13FN4O2/c1-20-13(19)16-12-7-6-11(17-18-12)15-8-9-4-2-3-5-10(9)14/h2-7H,8H2,1H3,(H,15,17)(H,16,18,19). The van der Waals surface area contributed by atoms with Crippen molar-refractivity contribution in [3.8, 4) is 0 Å². The van der Waals surface area contributed by atoms with Gasteiger partial charge in [-0.3, -0.25) is 5.32 Å². The van der Waals surface area contributed by atoms with Crippen LogP contribution in [0.5, 0.6) is 0 Å². The van der Waals surface area contributed by atoms with Crippen molar-refractivity contribution >= 4 is 17.7 Å². The number of hydrogen-bond donors (Lipinski definition) is 2. The Labute approximate surface area is 115 Å². The first-order chi connectivity index (χ1) is 9.69. The van der Waals surface area contributed by atoms with Gasteiger partial charge in [0.2, 0.25) is 0 Å². The van der Waals surface area contributed by atoms with Crippen LogP contribution in [0.1, 0.15) is 5.56 Å². The number of carbonyl (C=O) groups is 1. The molecule has 2 N–H and O–H groups in total. The minimum atomic E-state index is -0.619. The van der Waals surface area contributed by atoms with Crippen LogP contribution in [-0.4, -0.2) is 23.4 Å². The summed E-state index contributed by atoms with van der Waals surface area (Å²) in [5.74, 6) is 0.467. The first kappa shape index (κ1) is 13.7. The van der Waals surface area contributed by atoms with Gasteiger partial charge in [-0.25, -0.2) is 9.18 Å². The lowest BCUT2D eigenvalue weighted by atomic mass is 10.2. The Morgan fingerprint density at radius 3 is 2.55 bits per heavy atom. The molecule has 0 aliphatic rings. The zero-order valence-electron chi connectivity index (χ0n) is 10.8. The van der Waals surface area contributed by atoms with Gasteiger partial charge in [0.05, 0.1) is 7.11 Å². The first-order valence-electron chi connectivity index (χ1n) is 5.85. The largest absolute Gasteiger partial charge is 0.453 e. The first-order valence-corrected chi connectivity index (χ1v) is 5.85. The number of aromatic nitrogens is 2. The second kappa shape index (κ2) is 6.46. The highest BCUT2D eigenvalue weighted by Crippen LogP contribution is 2.10. The van der Waals surface area contributed by atoms with Gasteiger partial charge in [-0.1, -0.05) is 18.2 Å². The van der Waals surface area contributed by atoms with Gasteiger partial charge in [0.1, 0.15) is 11.6 Å². The minimum Gasteiger partial charge on any atom is -0.453 e. The van der Waals surface area contributed by atoms with Crippen molar-refractivity contribution in [3.63, 3.8) is 0 Å². The molecular formula is C13H13FN4O2. The summed E-state index contributed by atoms with van der Waals surface area (Å²) >= 11 is 0. The lowest BCUT2D eigenvalue weighted by molar-refractivity contribution is 0.187. The summed E-state index contributed by atoms with van der Waals surface area (Å²) < 4.78 is 17.8. The van der Waals surface area contributed by atoms with Crippen molar-refractivity contribution < 1.29 is 13.9 Å². The Bertz CT molecular complexity index is 589. The van der Waals surface area contributed by atoms with Crippen LogP contribution in [0, 0.1) is 5.82 Å². The van der Waals surface area contributed by atoms with E-state index < -0.39 is 6.09 Å². The van der Waals surface area contributed by atoms with E-state index in [0.717, 1.165) is 0 Å². The van der Waals surface area contributed by atoms with E-state index in [1.807, 2.05) is 0 Å². The number of nitrogens with zero attached hydrogens (tertiary/aromatic N) is 2. The van der Waals surface area contributed by atoms with Crippen molar-refractivity contribution in [1.82, 2.24) is 10.2 Å². The number of anilines is 2. The van der Waals surface area contributed by atoms with E-state index in [9.17, 15) is 9.18 Å². The quantitative estimate of drug-likeness (QED) is 0.896. The summed E-state index contributed by atoms with van der Waals surface area (Å²) in [4.78, 5) is 11.0. The van der Waals surface area contributed by atoms with Gasteiger partial charge in [0, 0.05) is 12.1 Å². The van der Waals surface area contributed by atoms with Crippen molar-refractivity contribution in [2.45, 2.75) is 6.54 Å². The molecule has 1 aromatic carbocycles. The van der Waals surface area contributed by atoms with Gasteiger partial charge in [0.25, 0.3) is 0 Å². The lowest BCUT2D eigenvalue weighted by Crippen LogP contribution is -2.13. The molecule has 20 heavy (non-hydrogen) atoms. The molecule has 0 aliphatic carbocycles. The Hall–Kier alpha value is -2.70.